The number of carbonyl (C=O) groups excluding carboxylic acids is 1. The summed E-state index contributed by atoms with van der Waals surface area (Å²) >= 11 is 1.44. The molecular weight excluding hydrogens is 350 g/mol. The number of nitrogens with one attached hydrogen (secondary N) is 1. The largest absolute Gasteiger partial charge is 0.379 e. The molecule has 8 heteroatoms. The Labute approximate surface area is 159 Å². The number of ether oxygens (including phenoxy) is 1. The van der Waals surface area contributed by atoms with Crippen LogP contribution in [0.1, 0.15) is 38.4 Å². The molecule has 0 unspecified atom stereocenters. The maximum Gasteiger partial charge on any atom is 0.230 e. The van der Waals surface area contributed by atoms with Gasteiger partial charge in [0.2, 0.25) is 5.91 Å². The molecule has 2 fully saturated rings. The highest BCUT2D eigenvalue weighted by atomic mass is 32.2. The maximum absolute atomic E-state index is 12.3. The molecule has 0 aromatic carbocycles. The van der Waals surface area contributed by atoms with Gasteiger partial charge in [0.05, 0.1) is 19.0 Å². The molecule has 1 aromatic rings. The fourth-order valence-electron chi connectivity index (χ4n) is 3.13. The zero-order valence-electron chi connectivity index (χ0n) is 15.7. The molecule has 1 aliphatic carbocycles. The number of aromatic nitrogens is 3. The Hall–Kier alpha value is -1.38. The van der Waals surface area contributed by atoms with Crippen LogP contribution in [0.15, 0.2) is 17.8 Å². The van der Waals surface area contributed by atoms with Gasteiger partial charge in [-0.2, -0.15) is 0 Å². The lowest BCUT2D eigenvalue weighted by atomic mass is 10.0. The van der Waals surface area contributed by atoms with Crippen LogP contribution in [0.3, 0.4) is 0 Å². The highest BCUT2D eigenvalue weighted by Gasteiger charge is 2.31. The number of nitrogens with zero attached hydrogens (tertiary/aromatic N) is 4. The van der Waals surface area contributed by atoms with Gasteiger partial charge in [0.1, 0.15) is 5.82 Å². The van der Waals surface area contributed by atoms with Gasteiger partial charge < -0.3 is 14.6 Å². The highest BCUT2D eigenvalue weighted by Crippen LogP contribution is 2.40. The van der Waals surface area contributed by atoms with Gasteiger partial charge in [0.15, 0.2) is 5.16 Å². The van der Waals surface area contributed by atoms with Crippen LogP contribution < -0.4 is 5.32 Å². The molecule has 2 aliphatic rings. The summed E-state index contributed by atoms with van der Waals surface area (Å²) in [5.41, 5.74) is -0.0773. The molecule has 1 amide bonds. The van der Waals surface area contributed by atoms with Crippen molar-refractivity contribution in [1.82, 2.24) is 25.0 Å². The lowest BCUT2D eigenvalue weighted by Gasteiger charge is -2.40. The van der Waals surface area contributed by atoms with E-state index in [1.165, 1.54) is 24.6 Å². The van der Waals surface area contributed by atoms with Crippen LogP contribution in [0.5, 0.6) is 0 Å². The van der Waals surface area contributed by atoms with Gasteiger partial charge in [-0.15, -0.1) is 16.8 Å². The second-order valence-corrected chi connectivity index (χ2v) is 8.43. The minimum Gasteiger partial charge on any atom is -0.379 e. The Morgan fingerprint density at radius 1 is 1.38 bits per heavy atom. The van der Waals surface area contributed by atoms with Crippen LogP contribution in [0, 0.1) is 0 Å². The molecule has 144 valence electrons. The lowest BCUT2D eigenvalue weighted by molar-refractivity contribution is -0.119. The van der Waals surface area contributed by atoms with Crippen LogP contribution in [0.4, 0.5) is 0 Å². The van der Waals surface area contributed by atoms with Gasteiger partial charge in [-0.1, -0.05) is 17.8 Å². The van der Waals surface area contributed by atoms with Crippen molar-refractivity contribution in [3.05, 3.63) is 18.5 Å². The smallest absolute Gasteiger partial charge is 0.230 e. The van der Waals surface area contributed by atoms with Gasteiger partial charge in [-0.25, -0.2) is 0 Å². The van der Waals surface area contributed by atoms with E-state index in [0.717, 1.165) is 37.3 Å². The van der Waals surface area contributed by atoms with Crippen molar-refractivity contribution in [3.8, 4) is 0 Å². The van der Waals surface area contributed by atoms with Crippen molar-refractivity contribution in [3.63, 3.8) is 0 Å². The molecule has 1 saturated carbocycles. The van der Waals surface area contributed by atoms with Crippen LogP contribution in [-0.4, -0.2) is 69.7 Å². The highest BCUT2D eigenvalue weighted by molar-refractivity contribution is 7.99. The second kappa shape index (κ2) is 8.54. The standard InChI is InChI=1S/C18H29N5O2S/c1-4-7-23-16(14-5-6-14)20-21-17(23)26-12-15(24)19-13-18(2,3)22-8-10-25-11-9-22/h4,14H,1,5-13H2,2-3H3,(H,19,24). The Morgan fingerprint density at radius 3 is 2.77 bits per heavy atom. The van der Waals surface area contributed by atoms with E-state index in [9.17, 15) is 4.79 Å². The normalized spacial score (nSPS) is 18.7. The first-order valence-corrected chi connectivity index (χ1v) is 10.3. The van der Waals surface area contributed by atoms with Gasteiger partial charge in [0.25, 0.3) is 0 Å². The van der Waals surface area contributed by atoms with Crippen molar-refractivity contribution in [2.45, 2.75) is 49.8 Å². The van der Waals surface area contributed by atoms with Crippen molar-refractivity contribution in [2.75, 3.05) is 38.6 Å². The number of morpholine rings is 1. The fraction of sp³-hybridized carbons (Fsp3) is 0.722. The average Bonchev–Trinajstić information content (AvgIpc) is 3.41. The minimum absolute atomic E-state index is 0.0254. The topological polar surface area (TPSA) is 72.3 Å². The number of hydrogen-bond acceptors (Lipinski definition) is 6. The summed E-state index contributed by atoms with van der Waals surface area (Å²) in [6, 6.07) is 0. The molecule has 0 bridgehead atoms. The average molecular weight is 380 g/mol. The summed E-state index contributed by atoms with van der Waals surface area (Å²) in [4.78, 5) is 14.7. The maximum atomic E-state index is 12.3. The van der Waals surface area contributed by atoms with Gasteiger partial charge in [-0.3, -0.25) is 9.69 Å². The van der Waals surface area contributed by atoms with E-state index in [0.29, 0.717) is 24.8 Å². The molecule has 0 spiro atoms. The van der Waals surface area contributed by atoms with E-state index in [4.69, 9.17) is 4.74 Å². The first-order chi connectivity index (χ1) is 12.5. The van der Waals surface area contributed by atoms with Crippen molar-refractivity contribution >= 4 is 17.7 Å². The van der Waals surface area contributed by atoms with E-state index in [1.807, 2.05) is 6.08 Å². The molecule has 3 rings (SSSR count). The summed E-state index contributed by atoms with van der Waals surface area (Å²) in [6.07, 6.45) is 4.21. The molecule has 0 radical (unpaired) electrons. The summed E-state index contributed by atoms with van der Waals surface area (Å²) in [7, 11) is 0. The summed E-state index contributed by atoms with van der Waals surface area (Å²) in [6.45, 7) is 12.8. The number of thioether (sulfide) groups is 1. The predicted molar refractivity (Wildman–Crippen MR) is 102 cm³/mol. The number of hydrogen-bond donors (Lipinski definition) is 1. The summed E-state index contributed by atoms with van der Waals surface area (Å²) in [5.74, 6) is 1.93. The third-order valence-corrected chi connectivity index (χ3v) is 5.88. The predicted octanol–water partition coefficient (Wildman–Crippen LogP) is 1.66. The molecule has 0 atom stereocenters. The van der Waals surface area contributed by atoms with Crippen LogP contribution in [-0.2, 0) is 16.1 Å². The zero-order chi connectivity index (χ0) is 18.6. The lowest BCUT2D eigenvalue weighted by Crippen LogP contribution is -2.55. The molecule has 1 N–H and O–H groups in total. The number of carbonyl (C=O) groups is 1. The quantitative estimate of drug-likeness (QED) is 0.520. The number of allylic oxidation sites excluding steroid dienone is 1. The molecule has 1 aliphatic heterocycles. The van der Waals surface area contributed by atoms with Crippen LogP contribution in [0.25, 0.3) is 0 Å². The Morgan fingerprint density at radius 2 is 2.12 bits per heavy atom. The minimum atomic E-state index is -0.0773. The molecule has 1 saturated heterocycles. The summed E-state index contributed by atoms with van der Waals surface area (Å²) < 4.78 is 7.49. The Bertz CT molecular complexity index is 636. The number of amides is 1. The number of rotatable bonds is 9. The van der Waals surface area contributed by atoms with E-state index in [-0.39, 0.29) is 11.4 Å². The monoisotopic (exact) mass is 379 g/mol. The van der Waals surface area contributed by atoms with E-state index in [1.54, 1.807) is 0 Å². The first kappa shape index (κ1) is 19.4. The van der Waals surface area contributed by atoms with E-state index < -0.39 is 0 Å². The third-order valence-electron chi connectivity index (χ3n) is 4.92. The molecule has 1 aromatic heterocycles. The third kappa shape index (κ3) is 4.86. The molecule has 26 heavy (non-hydrogen) atoms. The van der Waals surface area contributed by atoms with E-state index >= 15 is 0 Å². The van der Waals surface area contributed by atoms with Crippen molar-refractivity contribution in [1.29, 1.82) is 0 Å². The molecule has 7 nitrogen and oxygen atoms in total. The summed E-state index contributed by atoms with van der Waals surface area (Å²) in [5, 5.41) is 12.5. The SMILES string of the molecule is C=CCn1c(SCC(=O)NCC(C)(C)N2CCOCC2)nnc1C1CC1. The Balaban J connectivity index is 1.49. The van der Waals surface area contributed by atoms with Crippen LogP contribution >= 0.6 is 11.8 Å². The second-order valence-electron chi connectivity index (χ2n) is 7.49. The van der Waals surface area contributed by atoms with Gasteiger partial charge in [0, 0.05) is 37.6 Å². The van der Waals surface area contributed by atoms with Crippen molar-refractivity contribution in [2.24, 2.45) is 0 Å². The molecule has 2 heterocycles. The van der Waals surface area contributed by atoms with Gasteiger partial charge >= 0.3 is 0 Å². The molecular formula is C18H29N5O2S. The van der Waals surface area contributed by atoms with Crippen LogP contribution in [0.2, 0.25) is 0 Å². The fourth-order valence-corrected chi connectivity index (χ4v) is 3.91. The first-order valence-electron chi connectivity index (χ1n) is 9.27. The van der Waals surface area contributed by atoms with Crippen molar-refractivity contribution < 1.29 is 9.53 Å². The Kier molecular flexibility index (Phi) is 6.37. The zero-order valence-corrected chi connectivity index (χ0v) is 16.6. The van der Waals surface area contributed by atoms with E-state index in [2.05, 4.69) is 45.4 Å². The van der Waals surface area contributed by atoms with Gasteiger partial charge in [-0.05, 0) is 26.7 Å².